The third-order valence-electron chi connectivity index (χ3n) is 3.63. The van der Waals surface area contributed by atoms with Crippen LogP contribution in [0.5, 0.6) is 0 Å². The Morgan fingerprint density at radius 2 is 1.72 bits per heavy atom. The average Bonchev–Trinajstić information content (AvgIpc) is 2.99. The predicted molar refractivity (Wildman–Crippen MR) is 94.7 cm³/mol. The van der Waals surface area contributed by atoms with Crippen molar-refractivity contribution in [3.05, 3.63) is 64.5 Å². The van der Waals surface area contributed by atoms with Crippen molar-refractivity contribution >= 4 is 19.5 Å². The Hall–Kier alpha value is -2.79. The minimum atomic E-state index is -5.19. The van der Waals surface area contributed by atoms with Crippen molar-refractivity contribution in [2.45, 2.75) is 20.0 Å². The molecule has 0 radical (unpaired) electrons. The van der Waals surface area contributed by atoms with Crippen LogP contribution in [0.2, 0.25) is 0 Å². The fraction of sp³-hybridized carbons (Fsp3) is 0.188. The molecule has 0 aliphatic rings. The molecule has 1 aromatic carbocycles. The maximum atomic E-state index is 14.3. The summed E-state index contributed by atoms with van der Waals surface area (Å²) in [5, 5.41) is 9.51. The van der Waals surface area contributed by atoms with Crippen LogP contribution in [0.4, 0.5) is 24.8 Å². The van der Waals surface area contributed by atoms with Gasteiger partial charge < -0.3 is 15.1 Å². The van der Waals surface area contributed by atoms with Gasteiger partial charge in [0.15, 0.2) is 29.4 Å². The van der Waals surface area contributed by atoms with E-state index >= 15 is 0 Å². The molecule has 2 heterocycles. The maximum Gasteiger partial charge on any atom is 0.470 e. The van der Waals surface area contributed by atoms with E-state index in [0.717, 1.165) is 5.69 Å². The van der Waals surface area contributed by atoms with Gasteiger partial charge in [-0.05, 0) is 19.9 Å². The van der Waals surface area contributed by atoms with E-state index in [1.165, 1.54) is 6.07 Å². The minimum Gasteiger partial charge on any atom is -0.323 e. The number of aromatic amines is 1. The summed E-state index contributed by atoms with van der Waals surface area (Å²) < 4.78 is 57.2. The SMILES string of the molecule is Cc1cc(Nc2cc(C)[nH]n2)nc(C(OP(=O)(O)O)c2cc(F)c(F)cc2F)n1. The summed E-state index contributed by atoms with van der Waals surface area (Å²) in [5.41, 5.74) is 0.400. The lowest BCUT2D eigenvalue weighted by Gasteiger charge is -2.19. The zero-order valence-corrected chi connectivity index (χ0v) is 15.9. The zero-order chi connectivity index (χ0) is 21.3. The van der Waals surface area contributed by atoms with Crippen molar-refractivity contribution in [1.29, 1.82) is 0 Å². The summed E-state index contributed by atoms with van der Waals surface area (Å²) >= 11 is 0. The van der Waals surface area contributed by atoms with Gasteiger partial charge in [-0.3, -0.25) is 9.62 Å². The molecule has 1 unspecified atom stereocenters. The highest BCUT2D eigenvalue weighted by Gasteiger charge is 2.31. The molecule has 0 aliphatic heterocycles. The lowest BCUT2D eigenvalue weighted by Crippen LogP contribution is -2.14. The van der Waals surface area contributed by atoms with Crippen LogP contribution in [-0.2, 0) is 9.09 Å². The third kappa shape index (κ3) is 5.18. The third-order valence-corrected chi connectivity index (χ3v) is 4.12. The Labute approximate surface area is 162 Å². The summed E-state index contributed by atoms with van der Waals surface area (Å²) in [6.45, 7) is 3.31. The fourth-order valence-electron chi connectivity index (χ4n) is 2.51. The topological polar surface area (TPSA) is 133 Å². The van der Waals surface area contributed by atoms with Gasteiger partial charge in [0.1, 0.15) is 11.6 Å². The van der Waals surface area contributed by atoms with E-state index in [0.29, 0.717) is 17.6 Å². The van der Waals surface area contributed by atoms with Gasteiger partial charge in [0.25, 0.3) is 0 Å². The zero-order valence-electron chi connectivity index (χ0n) is 15.0. The maximum absolute atomic E-state index is 14.3. The summed E-state index contributed by atoms with van der Waals surface area (Å²) in [4.78, 5) is 26.5. The molecule has 29 heavy (non-hydrogen) atoms. The second-order valence-electron chi connectivity index (χ2n) is 6.08. The standard InChI is InChI=1S/C16H15F3N5O4P/c1-7-3-13(21-14-4-8(2)23-24-14)22-16(20-7)15(28-29(25,26)27)9-5-11(18)12(19)6-10(9)17/h3-6,15H,1-2H3,(H2,25,26,27)(H2,20,21,22,23,24). The normalized spacial score (nSPS) is 12.8. The lowest BCUT2D eigenvalue weighted by molar-refractivity contribution is 0.149. The van der Waals surface area contributed by atoms with Crippen molar-refractivity contribution < 1.29 is 32.0 Å². The molecular weight excluding hydrogens is 414 g/mol. The number of benzene rings is 1. The van der Waals surface area contributed by atoms with Gasteiger partial charge in [0.05, 0.1) is 0 Å². The molecule has 9 nitrogen and oxygen atoms in total. The van der Waals surface area contributed by atoms with E-state index in [2.05, 4.69) is 30.0 Å². The van der Waals surface area contributed by atoms with E-state index in [4.69, 9.17) is 0 Å². The van der Waals surface area contributed by atoms with E-state index < -0.39 is 36.9 Å². The first-order valence-electron chi connectivity index (χ1n) is 8.05. The molecule has 0 bridgehead atoms. The number of nitrogens with one attached hydrogen (secondary N) is 2. The molecule has 2 aromatic heterocycles. The van der Waals surface area contributed by atoms with Crippen molar-refractivity contribution in [2.24, 2.45) is 0 Å². The Bertz CT molecular complexity index is 1100. The van der Waals surface area contributed by atoms with Crippen LogP contribution in [-0.4, -0.2) is 30.0 Å². The number of hydrogen-bond acceptors (Lipinski definition) is 6. The molecule has 0 aliphatic carbocycles. The molecule has 3 aromatic rings. The Kier molecular flexibility index (Phi) is 5.71. The molecule has 3 rings (SSSR count). The van der Waals surface area contributed by atoms with Gasteiger partial charge >= 0.3 is 7.82 Å². The van der Waals surface area contributed by atoms with Crippen LogP contribution in [0.15, 0.2) is 24.3 Å². The number of anilines is 2. The van der Waals surface area contributed by atoms with Crippen LogP contribution in [0.25, 0.3) is 0 Å². The van der Waals surface area contributed by atoms with Gasteiger partial charge in [-0.15, -0.1) is 0 Å². The average molecular weight is 429 g/mol. The Morgan fingerprint density at radius 1 is 1.03 bits per heavy atom. The number of phosphoric acid groups is 1. The number of aryl methyl sites for hydroxylation is 2. The van der Waals surface area contributed by atoms with Crippen LogP contribution in [0.1, 0.15) is 28.9 Å². The van der Waals surface area contributed by atoms with Crippen molar-refractivity contribution in [2.75, 3.05) is 5.32 Å². The number of phosphoric ester groups is 1. The molecule has 0 saturated carbocycles. The quantitative estimate of drug-likeness (QED) is 0.347. The van der Waals surface area contributed by atoms with Gasteiger partial charge in [0.2, 0.25) is 0 Å². The number of hydrogen-bond donors (Lipinski definition) is 4. The summed E-state index contributed by atoms with van der Waals surface area (Å²) in [5.74, 6) is -4.03. The van der Waals surface area contributed by atoms with E-state index in [-0.39, 0.29) is 17.7 Å². The summed E-state index contributed by atoms with van der Waals surface area (Å²) in [6.07, 6.45) is -1.91. The molecule has 0 saturated heterocycles. The number of nitrogens with zero attached hydrogens (tertiary/aromatic N) is 3. The van der Waals surface area contributed by atoms with E-state index in [1.807, 2.05) is 0 Å². The second kappa shape index (κ2) is 7.91. The molecule has 154 valence electrons. The Morgan fingerprint density at radius 3 is 2.34 bits per heavy atom. The molecular formula is C16H15F3N5O4P. The van der Waals surface area contributed by atoms with Crippen LogP contribution in [0.3, 0.4) is 0 Å². The number of aromatic nitrogens is 4. The van der Waals surface area contributed by atoms with Crippen LogP contribution in [0, 0.1) is 31.3 Å². The monoisotopic (exact) mass is 429 g/mol. The lowest BCUT2D eigenvalue weighted by atomic mass is 10.1. The predicted octanol–water partition coefficient (Wildman–Crippen LogP) is 3.18. The second-order valence-corrected chi connectivity index (χ2v) is 7.27. The van der Waals surface area contributed by atoms with Gasteiger partial charge in [0, 0.05) is 35.2 Å². The van der Waals surface area contributed by atoms with Gasteiger partial charge in [-0.25, -0.2) is 27.7 Å². The molecule has 0 amide bonds. The largest absolute Gasteiger partial charge is 0.470 e. The molecule has 13 heteroatoms. The van der Waals surface area contributed by atoms with Crippen molar-refractivity contribution in [1.82, 2.24) is 20.2 Å². The first-order valence-corrected chi connectivity index (χ1v) is 9.58. The van der Waals surface area contributed by atoms with E-state index in [9.17, 15) is 27.5 Å². The first-order chi connectivity index (χ1) is 13.5. The minimum absolute atomic E-state index is 0.154. The number of halogens is 3. The molecule has 0 spiro atoms. The van der Waals surface area contributed by atoms with E-state index in [1.54, 1.807) is 19.9 Å². The number of rotatable bonds is 6. The summed E-state index contributed by atoms with van der Waals surface area (Å²) in [6, 6.07) is 3.82. The highest BCUT2D eigenvalue weighted by atomic mass is 31.2. The van der Waals surface area contributed by atoms with Crippen LogP contribution >= 0.6 is 7.82 Å². The molecule has 0 fully saturated rings. The molecule has 4 N–H and O–H groups in total. The molecule has 1 atom stereocenters. The number of H-pyrrole nitrogens is 1. The Balaban J connectivity index is 2.08. The first kappa shape index (κ1) is 20.9. The summed E-state index contributed by atoms with van der Waals surface area (Å²) in [7, 11) is -5.19. The van der Waals surface area contributed by atoms with Gasteiger partial charge in [-0.2, -0.15) is 5.10 Å². The van der Waals surface area contributed by atoms with Gasteiger partial charge in [-0.1, -0.05) is 0 Å². The smallest absolute Gasteiger partial charge is 0.323 e. The highest BCUT2D eigenvalue weighted by Crippen LogP contribution is 2.45. The van der Waals surface area contributed by atoms with Crippen LogP contribution < -0.4 is 5.32 Å². The fourth-order valence-corrected chi connectivity index (χ4v) is 2.99. The van der Waals surface area contributed by atoms with Crippen molar-refractivity contribution in [3.8, 4) is 0 Å². The van der Waals surface area contributed by atoms with Crippen molar-refractivity contribution in [3.63, 3.8) is 0 Å². The highest BCUT2D eigenvalue weighted by molar-refractivity contribution is 7.46.